The Bertz CT molecular complexity index is 21.5. The molecule has 0 saturated heterocycles. The third-order valence-corrected chi connectivity index (χ3v) is 0.575. The minimum atomic E-state index is -0.366. The van der Waals surface area contributed by atoms with Gasteiger partial charge in [-0.05, 0) is 0 Å². The van der Waals surface area contributed by atoms with Crippen molar-refractivity contribution in [1.29, 1.82) is 0 Å². The molecular formula is C4H9OTi-. The predicted octanol–water partition coefficient (Wildman–Crippen LogP) is 0.143. The Morgan fingerprint density at radius 1 is 1.67 bits per heavy atom. The van der Waals surface area contributed by atoms with Gasteiger partial charge in [0.2, 0.25) is 0 Å². The van der Waals surface area contributed by atoms with Crippen molar-refractivity contribution in [2.24, 2.45) is 0 Å². The van der Waals surface area contributed by atoms with Crippen LogP contribution in [0.3, 0.4) is 0 Å². The van der Waals surface area contributed by atoms with Crippen LogP contribution in [-0.4, -0.2) is 6.10 Å². The van der Waals surface area contributed by atoms with Gasteiger partial charge >= 0.3 is 0 Å². The van der Waals surface area contributed by atoms with E-state index < -0.39 is 0 Å². The van der Waals surface area contributed by atoms with E-state index in [2.05, 4.69) is 0 Å². The van der Waals surface area contributed by atoms with E-state index in [1.165, 1.54) is 0 Å². The van der Waals surface area contributed by atoms with E-state index in [1.807, 2.05) is 6.92 Å². The summed E-state index contributed by atoms with van der Waals surface area (Å²) in [5, 5.41) is 9.90. The van der Waals surface area contributed by atoms with Crippen LogP contribution in [0.4, 0.5) is 0 Å². The van der Waals surface area contributed by atoms with Crippen LogP contribution >= 0.6 is 0 Å². The van der Waals surface area contributed by atoms with Gasteiger partial charge in [0, 0.05) is 21.7 Å². The molecule has 0 aromatic carbocycles. The molecule has 0 bridgehead atoms. The molecular weight excluding hydrogens is 112 g/mol. The first-order chi connectivity index (χ1) is 2.27. The Kier molecular flexibility index (Phi) is 9.30. The maximum Gasteiger partial charge on any atom is 0 e. The van der Waals surface area contributed by atoms with Gasteiger partial charge in [-0.1, -0.05) is 20.3 Å². The van der Waals surface area contributed by atoms with Gasteiger partial charge in [0.25, 0.3) is 0 Å². The van der Waals surface area contributed by atoms with Crippen LogP contribution in [0.1, 0.15) is 20.3 Å². The van der Waals surface area contributed by atoms with E-state index in [1.54, 1.807) is 6.92 Å². The Hall–Kier alpha value is 0.674. The smallest absolute Gasteiger partial charge is 0 e. The Morgan fingerprint density at radius 3 is 1.83 bits per heavy atom. The molecule has 0 N–H and O–H groups in total. The molecule has 1 nitrogen and oxygen atoms in total. The van der Waals surface area contributed by atoms with E-state index in [-0.39, 0.29) is 27.8 Å². The fraction of sp³-hybridized carbons (Fsp3) is 1.00. The van der Waals surface area contributed by atoms with Crippen LogP contribution in [0.15, 0.2) is 0 Å². The summed E-state index contributed by atoms with van der Waals surface area (Å²) >= 11 is 0. The van der Waals surface area contributed by atoms with Crippen LogP contribution in [0.2, 0.25) is 0 Å². The topological polar surface area (TPSA) is 23.1 Å². The van der Waals surface area contributed by atoms with Crippen molar-refractivity contribution in [2.75, 3.05) is 0 Å². The molecule has 6 heavy (non-hydrogen) atoms. The zero-order valence-electron chi connectivity index (χ0n) is 4.19. The molecule has 0 aromatic rings. The summed E-state index contributed by atoms with van der Waals surface area (Å²) < 4.78 is 0. The zero-order valence-corrected chi connectivity index (χ0v) is 5.75. The maximum absolute atomic E-state index is 9.90. The molecule has 0 aliphatic rings. The molecule has 0 aliphatic heterocycles. The first kappa shape index (κ1) is 9.84. The van der Waals surface area contributed by atoms with Crippen molar-refractivity contribution in [1.82, 2.24) is 0 Å². The van der Waals surface area contributed by atoms with Crippen molar-refractivity contribution in [2.45, 2.75) is 26.4 Å². The molecule has 0 rings (SSSR count). The fourth-order valence-electron chi connectivity index (χ4n) is 0. The summed E-state index contributed by atoms with van der Waals surface area (Å²) in [7, 11) is 0. The average molecular weight is 121 g/mol. The summed E-state index contributed by atoms with van der Waals surface area (Å²) in [5.74, 6) is 0. The van der Waals surface area contributed by atoms with Gasteiger partial charge in [-0.25, -0.2) is 0 Å². The monoisotopic (exact) mass is 121 g/mol. The van der Waals surface area contributed by atoms with Gasteiger partial charge in [0.1, 0.15) is 0 Å². The first-order valence-electron chi connectivity index (χ1n) is 1.93. The first-order valence-corrected chi connectivity index (χ1v) is 1.93. The minimum absolute atomic E-state index is 0. The van der Waals surface area contributed by atoms with Crippen molar-refractivity contribution >= 4 is 0 Å². The van der Waals surface area contributed by atoms with Crippen molar-refractivity contribution in [3.05, 3.63) is 0 Å². The second-order valence-electron chi connectivity index (χ2n) is 1.22. The maximum atomic E-state index is 9.90. The van der Waals surface area contributed by atoms with Gasteiger partial charge < -0.3 is 5.11 Å². The molecule has 0 heterocycles. The Labute approximate surface area is 53.6 Å². The number of hydrogen-bond donors (Lipinski definition) is 0. The fourth-order valence-corrected chi connectivity index (χ4v) is 0. The Balaban J connectivity index is 0. The van der Waals surface area contributed by atoms with Crippen LogP contribution in [0.25, 0.3) is 0 Å². The summed E-state index contributed by atoms with van der Waals surface area (Å²) in [4.78, 5) is 0. The second kappa shape index (κ2) is 5.67. The largest absolute Gasteiger partial charge is 0.852 e. The van der Waals surface area contributed by atoms with Crippen LogP contribution < -0.4 is 5.11 Å². The number of hydrogen-bond acceptors (Lipinski definition) is 1. The number of rotatable bonds is 1. The minimum Gasteiger partial charge on any atom is -0.852 e. The molecule has 2 heteroatoms. The molecule has 0 fully saturated rings. The average Bonchev–Trinajstić information content (AvgIpc) is 1.38. The molecule has 0 saturated carbocycles. The molecule has 0 spiro atoms. The standard InChI is InChI=1S/C4H9O.Ti/c1-3-4(2)5;/h4H,3H2,1-2H3;/q-1;. The zero-order chi connectivity index (χ0) is 4.28. The van der Waals surface area contributed by atoms with Crippen LogP contribution in [-0.2, 0) is 21.7 Å². The molecule has 0 amide bonds. The third-order valence-electron chi connectivity index (χ3n) is 0.575. The molecule has 0 radical (unpaired) electrons. The van der Waals surface area contributed by atoms with Gasteiger partial charge in [-0.3, -0.25) is 0 Å². The van der Waals surface area contributed by atoms with Crippen LogP contribution in [0.5, 0.6) is 0 Å². The van der Waals surface area contributed by atoms with Crippen molar-refractivity contribution in [3.8, 4) is 0 Å². The summed E-state index contributed by atoms with van der Waals surface area (Å²) in [6, 6.07) is 0. The van der Waals surface area contributed by atoms with Gasteiger partial charge in [-0.15, -0.1) is 6.10 Å². The van der Waals surface area contributed by atoms with E-state index >= 15 is 0 Å². The summed E-state index contributed by atoms with van der Waals surface area (Å²) in [6.45, 7) is 3.55. The van der Waals surface area contributed by atoms with E-state index in [9.17, 15) is 5.11 Å². The molecule has 1 unspecified atom stereocenters. The quantitative estimate of drug-likeness (QED) is 0.452. The van der Waals surface area contributed by atoms with Crippen molar-refractivity contribution in [3.63, 3.8) is 0 Å². The second-order valence-corrected chi connectivity index (χ2v) is 1.22. The van der Waals surface area contributed by atoms with E-state index in [4.69, 9.17) is 0 Å². The molecule has 0 aliphatic carbocycles. The summed E-state index contributed by atoms with van der Waals surface area (Å²) in [5.41, 5.74) is 0. The van der Waals surface area contributed by atoms with E-state index in [0.29, 0.717) is 0 Å². The van der Waals surface area contributed by atoms with Crippen molar-refractivity contribution < 1.29 is 26.8 Å². The molecule has 0 aromatic heterocycles. The Morgan fingerprint density at radius 2 is 1.83 bits per heavy atom. The van der Waals surface area contributed by atoms with E-state index in [0.717, 1.165) is 6.42 Å². The predicted molar refractivity (Wildman–Crippen MR) is 19.8 cm³/mol. The normalized spacial score (nSPS) is 12.5. The molecule has 1 atom stereocenters. The van der Waals surface area contributed by atoms with Gasteiger partial charge in [0.15, 0.2) is 0 Å². The third kappa shape index (κ3) is 8.82. The van der Waals surface area contributed by atoms with Gasteiger partial charge in [-0.2, -0.15) is 0 Å². The summed E-state index contributed by atoms with van der Waals surface area (Å²) in [6.07, 6.45) is 0.384. The van der Waals surface area contributed by atoms with Crippen LogP contribution in [0, 0.1) is 0 Å². The van der Waals surface area contributed by atoms with Gasteiger partial charge in [0.05, 0.1) is 0 Å². The molecule has 36 valence electrons. The SMILES string of the molecule is CCC(C)[O-].[Ti].